The summed E-state index contributed by atoms with van der Waals surface area (Å²) >= 11 is 0. The van der Waals surface area contributed by atoms with Crippen LogP contribution in [0.1, 0.15) is 102 Å². The summed E-state index contributed by atoms with van der Waals surface area (Å²) in [5, 5.41) is 0. The van der Waals surface area contributed by atoms with Crippen LogP contribution in [0, 0.1) is 0 Å². The Kier molecular flexibility index (Phi) is 16.2. The van der Waals surface area contributed by atoms with Gasteiger partial charge in [-0.3, -0.25) is 14.4 Å². The Hall–Kier alpha value is -2.75. The van der Waals surface area contributed by atoms with Crippen molar-refractivity contribution in [3.63, 3.8) is 0 Å². The van der Waals surface area contributed by atoms with Gasteiger partial charge in [-0.25, -0.2) is 0 Å². The Balaban J connectivity index is 3.30. The lowest BCUT2D eigenvalue weighted by molar-refractivity contribution is -0.185. The van der Waals surface area contributed by atoms with Crippen LogP contribution >= 0.6 is 0 Å². The summed E-state index contributed by atoms with van der Waals surface area (Å²) < 4.78 is 34.0. The summed E-state index contributed by atoms with van der Waals surface area (Å²) in [4.78, 5) is 35.4. The Morgan fingerprint density at radius 1 is 0.658 bits per heavy atom. The van der Waals surface area contributed by atoms with Crippen LogP contribution in [0.25, 0.3) is 6.08 Å². The first-order valence-corrected chi connectivity index (χ1v) is 13.5. The lowest BCUT2D eigenvalue weighted by atomic mass is 9.96. The molecule has 0 spiro atoms. The van der Waals surface area contributed by atoms with Crippen molar-refractivity contribution in [1.82, 2.24) is 0 Å². The molecule has 0 fully saturated rings. The summed E-state index contributed by atoms with van der Waals surface area (Å²) in [5.74, 6) is -1.04. The summed E-state index contributed by atoms with van der Waals surface area (Å²) in [7, 11) is 0. The van der Waals surface area contributed by atoms with E-state index in [9.17, 15) is 14.4 Å². The molecule has 214 valence electrons. The number of carbonyl (C=O) groups is 3. The minimum atomic E-state index is -0.722. The number of hydrogen-bond donors (Lipinski definition) is 0. The third kappa shape index (κ3) is 11.3. The van der Waals surface area contributed by atoms with E-state index in [4.69, 9.17) is 28.4 Å². The average molecular weight is 537 g/mol. The smallest absolute Gasteiger partial charge is 0.307 e. The minimum absolute atomic E-state index is 0.103. The fraction of sp³-hybridized carbons (Fsp3) is 0.621. The Morgan fingerprint density at radius 2 is 1.05 bits per heavy atom. The molecule has 0 saturated carbocycles. The molecule has 0 radical (unpaired) electrons. The molecule has 1 aromatic rings. The second kappa shape index (κ2) is 18.5. The molecule has 1 aromatic carbocycles. The number of ether oxygens (including phenoxy) is 6. The van der Waals surface area contributed by atoms with E-state index in [0.717, 1.165) is 22.3 Å². The average Bonchev–Trinajstić information content (AvgIpc) is 2.94. The zero-order valence-electron chi connectivity index (χ0n) is 23.7. The molecule has 0 saturated heterocycles. The van der Waals surface area contributed by atoms with E-state index in [1.807, 2.05) is 32.9 Å². The van der Waals surface area contributed by atoms with Gasteiger partial charge in [0.2, 0.25) is 18.9 Å². The first-order valence-electron chi connectivity index (χ1n) is 13.5. The number of hydrogen-bond acceptors (Lipinski definition) is 9. The lowest BCUT2D eigenvalue weighted by Gasteiger charge is -2.24. The zero-order chi connectivity index (χ0) is 28.5. The highest BCUT2D eigenvalue weighted by Gasteiger charge is 2.20. The third-order valence-corrected chi connectivity index (χ3v) is 5.69. The van der Waals surface area contributed by atoms with Gasteiger partial charge < -0.3 is 28.4 Å². The molecule has 38 heavy (non-hydrogen) atoms. The van der Waals surface area contributed by atoms with Gasteiger partial charge >= 0.3 is 17.9 Å². The fourth-order valence-electron chi connectivity index (χ4n) is 3.37. The predicted molar refractivity (Wildman–Crippen MR) is 142 cm³/mol. The zero-order valence-corrected chi connectivity index (χ0v) is 23.7. The molecule has 0 heterocycles. The second-order valence-corrected chi connectivity index (χ2v) is 8.45. The van der Waals surface area contributed by atoms with Crippen LogP contribution < -0.4 is 0 Å². The van der Waals surface area contributed by atoms with Gasteiger partial charge in [-0.1, -0.05) is 66.3 Å². The van der Waals surface area contributed by atoms with Gasteiger partial charge in [-0.05, 0) is 22.3 Å². The van der Waals surface area contributed by atoms with Crippen molar-refractivity contribution in [3.8, 4) is 0 Å². The van der Waals surface area contributed by atoms with E-state index in [2.05, 4.69) is 6.58 Å². The summed E-state index contributed by atoms with van der Waals surface area (Å²) in [6.07, 6.45) is 1.78. The standard InChI is InChI=1S/C29H44O9/c1-8-20-15-16-21(17-33-27(12-5)36-24(30)9-2)23(19-35-29(14-7)38-26(32)11-4)22(20)18-34-28(13-6)37-25(31)10-3/h8,15-16,27-29H,1,9-14,17-19H2,2-7H3. The van der Waals surface area contributed by atoms with Gasteiger partial charge in [-0.15, -0.1) is 0 Å². The number of esters is 3. The maximum absolute atomic E-state index is 11.8. The maximum Gasteiger partial charge on any atom is 0.307 e. The van der Waals surface area contributed by atoms with Crippen LogP contribution in [0.3, 0.4) is 0 Å². The highest BCUT2D eigenvalue weighted by Crippen LogP contribution is 2.26. The SMILES string of the molecule is C=Cc1ccc(COC(CC)OC(=O)CC)c(COC(CC)OC(=O)CC)c1COC(CC)OC(=O)CC. The molecule has 3 atom stereocenters. The highest BCUT2D eigenvalue weighted by molar-refractivity contribution is 5.69. The Labute approximate surface area is 226 Å². The van der Waals surface area contributed by atoms with Crippen LogP contribution in [-0.4, -0.2) is 36.8 Å². The van der Waals surface area contributed by atoms with Crippen LogP contribution in [0.2, 0.25) is 0 Å². The quantitative estimate of drug-likeness (QED) is 0.120. The molecule has 0 aliphatic rings. The van der Waals surface area contributed by atoms with Gasteiger partial charge in [0.15, 0.2) is 0 Å². The summed E-state index contributed by atoms with van der Waals surface area (Å²) in [5.41, 5.74) is 3.15. The molecule has 0 aliphatic heterocycles. The van der Waals surface area contributed by atoms with Crippen molar-refractivity contribution < 1.29 is 42.8 Å². The molecule has 0 amide bonds. The number of rotatable bonds is 19. The van der Waals surface area contributed by atoms with Crippen LogP contribution in [0.15, 0.2) is 18.7 Å². The third-order valence-electron chi connectivity index (χ3n) is 5.69. The molecular weight excluding hydrogens is 492 g/mol. The van der Waals surface area contributed by atoms with Gasteiger partial charge in [0.25, 0.3) is 0 Å². The molecule has 9 heteroatoms. The maximum atomic E-state index is 11.8. The first-order chi connectivity index (χ1) is 18.3. The van der Waals surface area contributed by atoms with E-state index in [1.165, 1.54) is 0 Å². The van der Waals surface area contributed by atoms with Crippen molar-refractivity contribution in [2.45, 2.75) is 119 Å². The van der Waals surface area contributed by atoms with Gasteiger partial charge in [0.1, 0.15) is 0 Å². The van der Waals surface area contributed by atoms with Crippen LogP contribution in [0.4, 0.5) is 0 Å². The van der Waals surface area contributed by atoms with Gasteiger partial charge in [-0.2, -0.15) is 0 Å². The molecule has 0 N–H and O–H groups in total. The van der Waals surface area contributed by atoms with E-state index in [0.29, 0.717) is 19.3 Å². The Morgan fingerprint density at radius 3 is 1.42 bits per heavy atom. The topological polar surface area (TPSA) is 107 Å². The van der Waals surface area contributed by atoms with Crippen molar-refractivity contribution in [3.05, 3.63) is 41.0 Å². The summed E-state index contributed by atoms with van der Waals surface area (Å²) in [6, 6.07) is 3.78. The molecule has 0 aromatic heterocycles. The molecule has 1 rings (SSSR count). The largest absolute Gasteiger partial charge is 0.436 e. The molecule has 9 nitrogen and oxygen atoms in total. The molecule has 0 bridgehead atoms. The number of carbonyl (C=O) groups excluding carboxylic acids is 3. The number of benzene rings is 1. The second-order valence-electron chi connectivity index (χ2n) is 8.45. The highest BCUT2D eigenvalue weighted by atomic mass is 16.7. The van der Waals surface area contributed by atoms with Crippen molar-refractivity contribution >= 4 is 24.0 Å². The van der Waals surface area contributed by atoms with Crippen molar-refractivity contribution in [1.29, 1.82) is 0 Å². The Bertz CT molecular complexity index is 896. The van der Waals surface area contributed by atoms with Crippen LogP contribution in [0.5, 0.6) is 0 Å². The lowest BCUT2D eigenvalue weighted by Crippen LogP contribution is -2.23. The minimum Gasteiger partial charge on any atom is -0.436 e. The van der Waals surface area contributed by atoms with E-state index < -0.39 is 18.9 Å². The fourth-order valence-corrected chi connectivity index (χ4v) is 3.37. The van der Waals surface area contributed by atoms with Crippen molar-refractivity contribution in [2.24, 2.45) is 0 Å². The van der Waals surface area contributed by atoms with Gasteiger partial charge in [0.05, 0.1) is 19.8 Å². The molecule has 0 aliphatic carbocycles. The van der Waals surface area contributed by atoms with E-state index >= 15 is 0 Å². The normalized spacial score (nSPS) is 13.3. The monoisotopic (exact) mass is 536 g/mol. The molecule has 3 unspecified atom stereocenters. The summed E-state index contributed by atoms with van der Waals surface area (Å²) in [6.45, 7) is 15.1. The predicted octanol–water partition coefficient (Wildman–Crippen LogP) is 5.95. The molecular formula is C29H44O9. The van der Waals surface area contributed by atoms with E-state index in [1.54, 1.807) is 26.8 Å². The van der Waals surface area contributed by atoms with Crippen LogP contribution in [-0.2, 0) is 62.6 Å². The first kappa shape index (κ1) is 33.3. The van der Waals surface area contributed by atoms with E-state index in [-0.39, 0.29) is 57.0 Å². The van der Waals surface area contributed by atoms with Gasteiger partial charge in [0, 0.05) is 38.5 Å². The van der Waals surface area contributed by atoms with Crippen molar-refractivity contribution in [2.75, 3.05) is 0 Å².